The van der Waals surface area contributed by atoms with E-state index in [0.29, 0.717) is 13.2 Å². The number of hydrogen-bond donors (Lipinski definition) is 1. The highest BCUT2D eigenvalue weighted by Crippen LogP contribution is 2.34. The van der Waals surface area contributed by atoms with Crippen molar-refractivity contribution in [3.63, 3.8) is 0 Å². The average molecular weight is 545 g/mol. The molecule has 1 amide bonds. The van der Waals surface area contributed by atoms with Crippen LogP contribution >= 0.6 is 0 Å². The summed E-state index contributed by atoms with van der Waals surface area (Å²) in [6.07, 6.45) is 11.0. The summed E-state index contributed by atoms with van der Waals surface area (Å²) < 4.78 is 15.1. The molecule has 6 heterocycles. The monoisotopic (exact) mass is 544 g/mol. The minimum absolute atomic E-state index is 0.0242. The highest BCUT2D eigenvalue weighted by atomic mass is 16.5. The third-order valence-corrected chi connectivity index (χ3v) is 7.56. The molecule has 1 N–H and O–H groups in total. The van der Waals surface area contributed by atoms with Crippen LogP contribution in [0.4, 0.5) is 10.6 Å². The normalized spacial score (nSPS) is 19.3. The molecule has 2 fully saturated rings. The molecule has 2 aliphatic heterocycles. The van der Waals surface area contributed by atoms with E-state index in [9.17, 15) is 4.79 Å². The second-order valence-electron chi connectivity index (χ2n) is 10.6. The standard InChI is InChI=1S/C29H36N8O3/c1-3-4-13-40-29(38)32-21-11-12-36(19-21)26-9-7-8-23(33-26)28-22-15-24(20-16-31-35(2)18-20)30-17-25(22)37(34-28)27-10-5-6-14-39-27/h7-9,15-18,21,27H,3-6,10-14,19H2,1-2H3,(H,32,38)/t21-,27?/m1/s1. The fourth-order valence-corrected chi connectivity index (χ4v) is 5.41. The maximum Gasteiger partial charge on any atom is 0.407 e. The third kappa shape index (κ3) is 5.51. The van der Waals surface area contributed by atoms with E-state index in [1.807, 2.05) is 48.5 Å². The molecule has 2 aliphatic rings. The number of carbonyl (C=O) groups excluding carboxylic acids is 1. The summed E-state index contributed by atoms with van der Waals surface area (Å²) in [5.74, 6) is 0.860. The quantitative estimate of drug-likeness (QED) is 0.318. The molecule has 11 heteroatoms. The van der Waals surface area contributed by atoms with Crippen molar-refractivity contribution in [1.82, 2.24) is 34.8 Å². The number of nitrogens with zero attached hydrogens (tertiary/aromatic N) is 7. The van der Waals surface area contributed by atoms with Gasteiger partial charge in [-0.05, 0) is 50.3 Å². The van der Waals surface area contributed by atoms with Crippen molar-refractivity contribution in [3.05, 3.63) is 42.9 Å². The molecule has 0 aliphatic carbocycles. The van der Waals surface area contributed by atoms with Crippen LogP contribution in [0.3, 0.4) is 0 Å². The van der Waals surface area contributed by atoms with Gasteiger partial charge in [0, 0.05) is 43.9 Å². The van der Waals surface area contributed by atoms with Crippen molar-refractivity contribution in [2.24, 2.45) is 7.05 Å². The number of amides is 1. The predicted molar refractivity (Wildman–Crippen MR) is 152 cm³/mol. The van der Waals surface area contributed by atoms with Gasteiger partial charge in [0.15, 0.2) is 6.23 Å². The Kier molecular flexibility index (Phi) is 7.63. The van der Waals surface area contributed by atoms with Gasteiger partial charge in [0.2, 0.25) is 0 Å². The zero-order chi connectivity index (χ0) is 27.5. The molecule has 6 rings (SSSR count). The summed E-state index contributed by atoms with van der Waals surface area (Å²) in [4.78, 5) is 24.1. The van der Waals surface area contributed by atoms with Gasteiger partial charge >= 0.3 is 6.09 Å². The van der Waals surface area contributed by atoms with E-state index in [1.54, 1.807) is 4.68 Å². The van der Waals surface area contributed by atoms with Crippen LogP contribution in [0.15, 0.2) is 42.9 Å². The van der Waals surface area contributed by atoms with Crippen molar-refractivity contribution in [2.45, 2.75) is 57.7 Å². The van der Waals surface area contributed by atoms with E-state index in [-0.39, 0.29) is 18.4 Å². The summed E-state index contributed by atoms with van der Waals surface area (Å²) in [6, 6.07) is 8.12. The molecule has 11 nitrogen and oxygen atoms in total. The fourth-order valence-electron chi connectivity index (χ4n) is 5.41. The first kappa shape index (κ1) is 26.2. The Balaban J connectivity index is 1.29. The van der Waals surface area contributed by atoms with Crippen LogP contribution in [0.25, 0.3) is 33.5 Å². The molecule has 0 spiro atoms. The molecule has 0 radical (unpaired) electrons. The minimum atomic E-state index is -0.345. The molecule has 0 bridgehead atoms. The molecule has 1 unspecified atom stereocenters. The van der Waals surface area contributed by atoms with Gasteiger partial charge in [-0.25, -0.2) is 14.5 Å². The van der Waals surface area contributed by atoms with Gasteiger partial charge < -0.3 is 19.7 Å². The summed E-state index contributed by atoms with van der Waals surface area (Å²) in [7, 11) is 1.90. The van der Waals surface area contributed by atoms with Crippen molar-refractivity contribution >= 4 is 22.8 Å². The largest absolute Gasteiger partial charge is 0.450 e. The highest BCUT2D eigenvalue weighted by Gasteiger charge is 2.27. The van der Waals surface area contributed by atoms with Gasteiger partial charge in [0.05, 0.1) is 41.9 Å². The number of pyridine rings is 2. The van der Waals surface area contributed by atoms with Crippen molar-refractivity contribution in [3.8, 4) is 22.6 Å². The molecule has 4 aromatic heterocycles. The Morgan fingerprint density at radius 1 is 1.20 bits per heavy atom. The second kappa shape index (κ2) is 11.6. The van der Waals surface area contributed by atoms with Crippen LogP contribution in [0.1, 0.15) is 51.7 Å². The van der Waals surface area contributed by atoms with Crippen LogP contribution in [-0.2, 0) is 16.5 Å². The van der Waals surface area contributed by atoms with E-state index < -0.39 is 0 Å². The number of anilines is 1. The first-order valence-electron chi connectivity index (χ1n) is 14.2. The number of unbranched alkanes of at least 4 members (excludes halogenated alkanes) is 1. The topological polar surface area (TPSA) is 112 Å². The summed E-state index contributed by atoms with van der Waals surface area (Å²) >= 11 is 0. The number of aromatic nitrogens is 6. The number of ether oxygens (including phenoxy) is 2. The molecule has 2 saturated heterocycles. The SMILES string of the molecule is CCCCOC(=O)N[C@@H]1CCN(c2cccc(-c3nn(C4CCCCO4)c4cnc(-c5cnn(C)c5)cc34)n2)C1. The van der Waals surface area contributed by atoms with E-state index >= 15 is 0 Å². The number of nitrogens with one attached hydrogen (secondary N) is 1. The first-order valence-corrected chi connectivity index (χ1v) is 14.2. The van der Waals surface area contributed by atoms with Crippen LogP contribution in [0.5, 0.6) is 0 Å². The van der Waals surface area contributed by atoms with Crippen LogP contribution in [-0.4, -0.2) is 68.0 Å². The fraction of sp³-hybridized carbons (Fsp3) is 0.483. The maximum atomic E-state index is 12.1. The smallest absolute Gasteiger partial charge is 0.407 e. The molecule has 0 aromatic carbocycles. The lowest BCUT2D eigenvalue weighted by Crippen LogP contribution is -2.37. The van der Waals surface area contributed by atoms with Crippen molar-refractivity contribution < 1.29 is 14.3 Å². The van der Waals surface area contributed by atoms with Gasteiger partial charge in [-0.3, -0.25) is 9.67 Å². The van der Waals surface area contributed by atoms with Crippen molar-refractivity contribution in [2.75, 3.05) is 31.2 Å². The van der Waals surface area contributed by atoms with Gasteiger partial charge in [-0.15, -0.1) is 0 Å². The van der Waals surface area contributed by atoms with Crippen LogP contribution in [0.2, 0.25) is 0 Å². The summed E-state index contributed by atoms with van der Waals surface area (Å²) in [6.45, 7) is 4.74. The Morgan fingerprint density at radius 2 is 2.12 bits per heavy atom. The van der Waals surface area contributed by atoms with Gasteiger partial charge in [0.25, 0.3) is 0 Å². The number of aryl methyl sites for hydroxylation is 1. The Bertz CT molecular complexity index is 1480. The molecule has 210 valence electrons. The molecule has 4 aromatic rings. The molecule has 0 saturated carbocycles. The van der Waals surface area contributed by atoms with Crippen LogP contribution in [0, 0.1) is 0 Å². The highest BCUT2D eigenvalue weighted by molar-refractivity contribution is 5.94. The average Bonchev–Trinajstić information content (AvgIpc) is 3.72. The predicted octanol–water partition coefficient (Wildman–Crippen LogP) is 4.70. The van der Waals surface area contributed by atoms with Crippen molar-refractivity contribution in [1.29, 1.82) is 0 Å². The number of rotatable bonds is 8. The molecule has 40 heavy (non-hydrogen) atoms. The van der Waals surface area contributed by atoms with E-state index in [4.69, 9.17) is 24.5 Å². The minimum Gasteiger partial charge on any atom is -0.450 e. The molecular formula is C29H36N8O3. The van der Waals surface area contributed by atoms with Crippen LogP contribution < -0.4 is 10.2 Å². The Hall–Kier alpha value is -3.99. The van der Waals surface area contributed by atoms with E-state index in [2.05, 4.69) is 28.3 Å². The molecular weight excluding hydrogens is 508 g/mol. The second-order valence-corrected chi connectivity index (χ2v) is 10.6. The van der Waals surface area contributed by atoms with Gasteiger partial charge in [-0.2, -0.15) is 10.2 Å². The van der Waals surface area contributed by atoms with E-state index in [1.165, 1.54) is 0 Å². The van der Waals surface area contributed by atoms with E-state index in [0.717, 1.165) is 91.0 Å². The van der Waals surface area contributed by atoms with Gasteiger partial charge in [-0.1, -0.05) is 19.4 Å². The number of hydrogen-bond acceptors (Lipinski definition) is 8. The maximum absolute atomic E-state index is 12.1. The number of fused-ring (bicyclic) bond motifs is 1. The number of alkyl carbamates (subject to hydrolysis) is 1. The third-order valence-electron chi connectivity index (χ3n) is 7.56. The lowest BCUT2D eigenvalue weighted by molar-refractivity contribution is -0.0365. The zero-order valence-electron chi connectivity index (χ0n) is 23.1. The van der Waals surface area contributed by atoms with Gasteiger partial charge in [0.1, 0.15) is 11.5 Å². The Labute approximate surface area is 233 Å². The Morgan fingerprint density at radius 3 is 2.92 bits per heavy atom. The zero-order valence-corrected chi connectivity index (χ0v) is 23.1. The summed E-state index contributed by atoms with van der Waals surface area (Å²) in [5, 5.41) is 13.3. The lowest BCUT2D eigenvalue weighted by atomic mass is 10.1. The molecule has 2 atom stereocenters. The lowest BCUT2D eigenvalue weighted by Gasteiger charge is -2.23. The number of carbonyl (C=O) groups is 1. The first-order chi connectivity index (χ1) is 19.6. The summed E-state index contributed by atoms with van der Waals surface area (Å²) in [5.41, 5.74) is 4.29.